The van der Waals surface area contributed by atoms with Crippen molar-refractivity contribution in [3.8, 4) is 0 Å². The molecule has 134 valence electrons. The average molecular weight is 350 g/mol. The number of hydrogen-bond acceptors (Lipinski definition) is 3. The van der Waals surface area contributed by atoms with Gasteiger partial charge in [-0.3, -0.25) is 20.4 Å². The molecule has 1 heterocycles. The predicted octanol–water partition coefficient (Wildman–Crippen LogP) is 3.62. The highest BCUT2D eigenvalue weighted by atomic mass is 16.3. The van der Waals surface area contributed by atoms with E-state index in [2.05, 4.69) is 17.8 Å². The van der Waals surface area contributed by atoms with E-state index in [9.17, 15) is 9.59 Å². The van der Waals surface area contributed by atoms with Gasteiger partial charge >= 0.3 is 0 Å². The normalized spacial score (nSPS) is 10.7. The Kier molecular flexibility index (Phi) is 5.07. The second kappa shape index (κ2) is 7.44. The summed E-state index contributed by atoms with van der Waals surface area (Å²) in [7, 11) is 0. The Morgan fingerprint density at radius 2 is 1.69 bits per heavy atom. The van der Waals surface area contributed by atoms with Crippen LogP contribution in [0.25, 0.3) is 11.0 Å². The van der Waals surface area contributed by atoms with Crippen molar-refractivity contribution in [1.29, 1.82) is 0 Å². The average Bonchev–Trinajstić information content (AvgIpc) is 3.01. The molecule has 0 aliphatic rings. The Bertz CT molecular complexity index is 955. The van der Waals surface area contributed by atoms with Crippen LogP contribution in [0.5, 0.6) is 0 Å². The van der Waals surface area contributed by atoms with Crippen LogP contribution in [0.4, 0.5) is 0 Å². The van der Waals surface area contributed by atoms with E-state index in [1.165, 1.54) is 0 Å². The minimum absolute atomic E-state index is 0.130. The highest BCUT2D eigenvalue weighted by molar-refractivity contribution is 5.96. The summed E-state index contributed by atoms with van der Waals surface area (Å²) < 4.78 is 5.54. The highest BCUT2D eigenvalue weighted by Crippen LogP contribution is 2.25. The third-order valence-electron chi connectivity index (χ3n) is 4.56. The molecule has 2 N–H and O–H groups in total. The van der Waals surface area contributed by atoms with Crippen molar-refractivity contribution >= 4 is 22.8 Å². The fraction of sp³-hybridized carbons (Fsp3) is 0.238. The van der Waals surface area contributed by atoms with Crippen molar-refractivity contribution in [2.24, 2.45) is 0 Å². The molecule has 2 amide bonds. The van der Waals surface area contributed by atoms with Gasteiger partial charge in [-0.15, -0.1) is 0 Å². The van der Waals surface area contributed by atoms with Gasteiger partial charge in [-0.25, -0.2) is 0 Å². The number of carbonyl (C=O) groups excluding carboxylic acids is 2. The summed E-state index contributed by atoms with van der Waals surface area (Å²) in [6, 6.07) is 11.3. The van der Waals surface area contributed by atoms with Gasteiger partial charge in [0.1, 0.15) is 5.58 Å². The first-order valence-electron chi connectivity index (χ1n) is 8.63. The van der Waals surface area contributed by atoms with Gasteiger partial charge < -0.3 is 4.42 Å². The van der Waals surface area contributed by atoms with Crippen LogP contribution in [0.3, 0.4) is 0 Å². The standard InChI is InChI=1S/C21H22N2O3/c1-4-15-5-7-16(8-6-15)21(25)23-22-20(24)11-17-12-26-19-10-14(3)13(2)9-18(17)19/h5-10,12H,4,11H2,1-3H3,(H,22,24)(H,23,25). The zero-order valence-electron chi connectivity index (χ0n) is 15.2. The maximum absolute atomic E-state index is 12.2. The van der Waals surface area contributed by atoms with Crippen LogP contribution in [0, 0.1) is 13.8 Å². The van der Waals surface area contributed by atoms with Crippen molar-refractivity contribution in [2.75, 3.05) is 0 Å². The molecule has 0 unspecified atom stereocenters. The van der Waals surface area contributed by atoms with Crippen LogP contribution in [0.1, 0.15) is 39.5 Å². The topological polar surface area (TPSA) is 71.3 Å². The second-order valence-electron chi connectivity index (χ2n) is 6.42. The molecule has 0 aliphatic heterocycles. The van der Waals surface area contributed by atoms with Crippen LogP contribution in [-0.4, -0.2) is 11.8 Å². The van der Waals surface area contributed by atoms with Gasteiger partial charge in [0.05, 0.1) is 12.7 Å². The van der Waals surface area contributed by atoms with Gasteiger partial charge in [-0.2, -0.15) is 0 Å². The van der Waals surface area contributed by atoms with Gasteiger partial charge in [0.15, 0.2) is 0 Å². The van der Waals surface area contributed by atoms with E-state index in [-0.39, 0.29) is 18.2 Å². The molecule has 0 radical (unpaired) electrons. The number of furan rings is 1. The highest BCUT2D eigenvalue weighted by Gasteiger charge is 2.13. The molecule has 2 aromatic carbocycles. The molecule has 0 atom stereocenters. The van der Waals surface area contributed by atoms with Crippen LogP contribution in [0.2, 0.25) is 0 Å². The lowest BCUT2D eigenvalue weighted by atomic mass is 10.0. The van der Waals surface area contributed by atoms with Gasteiger partial charge in [0, 0.05) is 16.5 Å². The Balaban J connectivity index is 1.62. The molecule has 0 fully saturated rings. The Morgan fingerprint density at radius 1 is 1.00 bits per heavy atom. The van der Waals surface area contributed by atoms with Gasteiger partial charge in [0.2, 0.25) is 5.91 Å². The van der Waals surface area contributed by atoms with Crippen molar-refractivity contribution in [1.82, 2.24) is 10.9 Å². The Labute approximate surface area is 152 Å². The van der Waals surface area contributed by atoms with E-state index in [1.807, 2.05) is 38.1 Å². The molecule has 5 nitrogen and oxygen atoms in total. The van der Waals surface area contributed by atoms with E-state index in [0.717, 1.165) is 39.6 Å². The van der Waals surface area contributed by atoms with E-state index in [4.69, 9.17) is 4.42 Å². The zero-order chi connectivity index (χ0) is 18.7. The Morgan fingerprint density at radius 3 is 2.38 bits per heavy atom. The smallest absolute Gasteiger partial charge is 0.269 e. The summed E-state index contributed by atoms with van der Waals surface area (Å²) in [5.74, 6) is -0.644. The summed E-state index contributed by atoms with van der Waals surface area (Å²) in [4.78, 5) is 24.3. The quantitative estimate of drug-likeness (QED) is 0.706. The van der Waals surface area contributed by atoms with E-state index < -0.39 is 0 Å². The van der Waals surface area contributed by atoms with Crippen molar-refractivity contribution in [2.45, 2.75) is 33.6 Å². The molecule has 1 aromatic heterocycles. The maximum Gasteiger partial charge on any atom is 0.269 e. The van der Waals surface area contributed by atoms with Crippen LogP contribution in [-0.2, 0) is 17.6 Å². The lowest BCUT2D eigenvalue weighted by Gasteiger charge is -2.07. The number of carbonyl (C=O) groups is 2. The predicted molar refractivity (Wildman–Crippen MR) is 101 cm³/mol. The summed E-state index contributed by atoms with van der Waals surface area (Å²) in [6.07, 6.45) is 2.63. The monoisotopic (exact) mass is 350 g/mol. The SMILES string of the molecule is CCc1ccc(C(=O)NNC(=O)Cc2coc3cc(C)c(C)cc23)cc1. The van der Waals surface area contributed by atoms with Gasteiger partial charge in [-0.05, 0) is 61.2 Å². The van der Waals surface area contributed by atoms with Crippen LogP contribution >= 0.6 is 0 Å². The number of hydrazine groups is 1. The van der Waals surface area contributed by atoms with Crippen LogP contribution in [0.15, 0.2) is 47.1 Å². The molecule has 0 bridgehead atoms. The summed E-state index contributed by atoms with van der Waals surface area (Å²) in [6.45, 7) is 6.10. The molecule has 3 aromatic rings. The fourth-order valence-electron chi connectivity index (χ4n) is 2.78. The maximum atomic E-state index is 12.2. The lowest BCUT2D eigenvalue weighted by Crippen LogP contribution is -2.42. The molecule has 0 spiro atoms. The summed E-state index contributed by atoms with van der Waals surface area (Å²) >= 11 is 0. The number of nitrogens with one attached hydrogen (secondary N) is 2. The van der Waals surface area contributed by atoms with Crippen LogP contribution < -0.4 is 10.9 Å². The molecule has 0 aliphatic carbocycles. The van der Waals surface area contributed by atoms with E-state index >= 15 is 0 Å². The molecular weight excluding hydrogens is 328 g/mol. The molecule has 0 saturated heterocycles. The molecule has 3 rings (SSSR count). The number of rotatable bonds is 4. The first-order chi connectivity index (χ1) is 12.5. The zero-order valence-corrected chi connectivity index (χ0v) is 15.2. The number of amides is 2. The number of fused-ring (bicyclic) bond motifs is 1. The number of benzene rings is 2. The molecular formula is C21H22N2O3. The van der Waals surface area contributed by atoms with Crippen molar-refractivity contribution in [3.05, 3.63) is 70.5 Å². The summed E-state index contributed by atoms with van der Waals surface area (Å²) in [5.41, 5.74) is 10.4. The van der Waals surface area contributed by atoms with Crippen molar-refractivity contribution < 1.29 is 14.0 Å². The third-order valence-corrected chi connectivity index (χ3v) is 4.56. The van der Waals surface area contributed by atoms with E-state index in [1.54, 1.807) is 18.4 Å². The first kappa shape index (κ1) is 17.7. The minimum Gasteiger partial charge on any atom is -0.464 e. The molecule has 0 saturated carbocycles. The molecule has 26 heavy (non-hydrogen) atoms. The largest absolute Gasteiger partial charge is 0.464 e. The number of hydrogen-bond donors (Lipinski definition) is 2. The van der Waals surface area contributed by atoms with Crippen molar-refractivity contribution in [3.63, 3.8) is 0 Å². The third kappa shape index (κ3) is 3.77. The van der Waals surface area contributed by atoms with E-state index in [0.29, 0.717) is 5.56 Å². The first-order valence-corrected chi connectivity index (χ1v) is 8.63. The van der Waals surface area contributed by atoms with Gasteiger partial charge in [0.25, 0.3) is 5.91 Å². The van der Waals surface area contributed by atoms with Gasteiger partial charge in [-0.1, -0.05) is 19.1 Å². The summed E-state index contributed by atoms with van der Waals surface area (Å²) in [5, 5.41) is 0.921. The number of aryl methyl sites for hydroxylation is 3. The molecule has 5 heteroatoms. The minimum atomic E-state index is -0.343. The fourth-order valence-corrected chi connectivity index (χ4v) is 2.78. The lowest BCUT2D eigenvalue weighted by molar-refractivity contribution is -0.121. The second-order valence-corrected chi connectivity index (χ2v) is 6.42. The Hall–Kier alpha value is -3.08.